The van der Waals surface area contributed by atoms with Crippen LogP contribution in [0.1, 0.15) is 39.5 Å². The lowest BCUT2D eigenvalue weighted by Crippen LogP contribution is -2.48. The van der Waals surface area contributed by atoms with Crippen LogP contribution in [0.2, 0.25) is 0 Å². The van der Waals surface area contributed by atoms with Gasteiger partial charge in [0.1, 0.15) is 0 Å². The Morgan fingerprint density at radius 1 is 0.938 bits per heavy atom. The Labute approximate surface area is 100 Å². The van der Waals surface area contributed by atoms with Crippen molar-refractivity contribution in [3.63, 3.8) is 0 Å². The summed E-state index contributed by atoms with van der Waals surface area (Å²) in [4.78, 5) is 5.14. The largest absolute Gasteiger partial charge is 0.396 e. The van der Waals surface area contributed by atoms with Crippen LogP contribution in [0.5, 0.6) is 0 Å². The van der Waals surface area contributed by atoms with E-state index in [9.17, 15) is 0 Å². The standard InChI is InChI=1S/C13H28N2O/c1-13(2)15-10-8-14(9-11-15)7-5-3-4-6-12-16/h13,16H,3-12H2,1-2H3. The maximum Gasteiger partial charge on any atom is 0.0431 e. The molecule has 0 aromatic heterocycles. The van der Waals surface area contributed by atoms with Crippen molar-refractivity contribution >= 4 is 0 Å². The van der Waals surface area contributed by atoms with Crippen LogP contribution in [0.25, 0.3) is 0 Å². The van der Waals surface area contributed by atoms with E-state index in [1.165, 1.54) is 52.0 Å². The number of piperazine rings is 1. The van der Waals surface area contributed by atoms with E-state index in [1.54, 1.807) is 0 Å². The Balaban J connectivity index is 1.99. The van der Waals surface area contributed by atoms with Gasteiger partial charge in [0.25, 0.3) is 0 Å². The van der Waals surface area contributed by atoms with Crippen LogP contribution >= 0.6 is 0 Å². The lowest BCUT2D eigenvalue weighted by molar-refractivity contribution is 0.107. The molecule has 0 radical (unpaired) electrons. The second-order valence-electron chi connectivity index (χ2n) is 5.11. The summed E-state index contributed by atoms with van der Waals surface area (Å²) < 4.78 is 0. The quantitative estimate of drug-likeness (QED) is 0.670. The smallest absolute Gasteiger partial charge is 0.0431 e. The fourth-order valence-electron chi connectivity index (χ4n) is 2.30. The molecule has 1 saturated heterocycles. The van der Waals surface area contributed by atoms with Gasteiger partial charge in [-0.15, -0.1) is 0 Å². The average molecular weight is 228 g/mol. The first-order valence-electron chi connectivity index (χ1n) is 6.81. The van der Waals surface area contributed by atoms with E-state index in [1.807, 2.05) is 0 Å². The first-order valence-corrected chi connectivity index (χ1v) is 6.81. The second-order valence-corrected chi connectivity index (χ2v) is 5.11. The lowest BCUT2D eigenvalue weighted by atomic mass is 10.2. The van der Waals surface area contributed by atoms with Gasteiger partial charge in [-0.3, -0.25) is 4.90 Å². The molecule has 0 unspecified atom stereocenters. The van der Waals surface area contributed by atoms with Crippen molar-refractivity contribution < 1.29 is 5.11 Å². The Morgan fingerprint density at radius 2 is 1.56 bits per heavy atom. The Morgan fingerprint density at radius 3 is 2.12 bits per heavy atom. The summed E-state index contributed by atoms with van der Waals surface area (Å²) in [6.07, 6.45) is 4.72. The number of nitrogens with zero attached hydrogens (tertiary/aromatic N) is 2. The predicted molar refractivity (Wildman–Crippen MR) is 68.7 cm³/mol. The molecule has 1 heterocycles. The van der Waals surface area contributed by atoms with E-state index < -0.39 is 0 Å². The summed E-state index contributed by atoms with van der Waals surface area (Å²) >= 11 is 0. The SMILES string of the molecule is CC(C)N1CCN(CCCCCCO)CC1. The van der Waals surface area contributed by atoms with Gasteiger partial charge < -0.3 is 10.0 Å². The number of rotatable bonds is 7. The van der Waals surface area contributed by atoms with Crippen molar-refractivity contribution in [3.05, 3.63) is 0 Å². The minimum atomic E-state index is 0.354. The molecule has 3 heteroatoms. The van der Waals surface area contributed by atoms with Gasteiger partial charge in [0, 0.05) is 38.8 Å². The molecule has 96 valence electrons. The Bertz CT molecular complexity index is 165. The molecule has 1 fully saturated rings. The molecule has 0 atom stereocenters. The van der Waals surface area contributed by atoms with E-state index in [0.29, 0.717) is 12.6 Å². The van der Waals surface area contributed by atoms with E-state index in [0.717, 1.165) is 6.42 Å². The zero-order valence-corrected chi connectivity index (χ0v) is 11.0. The molecule has 16 heavy (non-hydrogen) atoms. The summed E-state index contributed by atoms with van der Waals surface area (Å²) in [7, 11) is 0. The lowest BCUT2D eigenvalue weighted by Gasteiger charge is -2.36. The van der Waals surface area contributed by atoms with Crippen molar-refractivity contribution in [1.82, 2.24) is 9.80 Å². The van der Waals surface area contributed by atoms with Crippen LogP contribution < -0.4 is 0 Å². The van der Waals surface area contributed by atoms with Gasteiger partial charge in [-0.25, -0.2) is 0 Å². The fraction of sp³-hybridized carbons (Fsp3) is 1.00. The van der Waals surface area contributed by atoms with Crippen LogP contribution in [-0.4, -0.2) is 60.3 Å². The van der Waals surface area contributed by atoms with Crippen LogP contribution in [0, 0.1) is 0 Å². The molecule has 1 aliphatic rings. The zero-order chi connectivity index (χ0) is 11.8. The first kappa shape index (κ1) is 13.9. The fourth-order valence-corrected chi connectivity index (χ4v) is 2.30. The van der Waals surface area contributed by atoms with E-state index in [2.05, 4.69) is 23.6 Å². The van der Waals surface area contributed by atoms with Gasteiger partial charge in [-0.1, -0.05) is 12.8 Å². The molecule has 1 N–H and O–H groups in total. The number of aliphatic hydroxyl groups excluding tert-OH is 1. The molecule has 0 spiro atoms. The van der Waals surface area contributed by atoms with Gasteiger partial charge in [0.15, 0.2) is 0 Å². The van der Waals surface area contributed by atoms with Crippen LogP contribution in [0.3, 0.4) is 0 Å². The van der Waals surface area contributed by atoms with Crippen LogP contribution in [0.15, 0.2) is 0 Å². The molecule has 0 aromatic rings. The van der Waals surface area contributed by atoms with Crippen molar-refractivity contribution in [2.45, 2.75) is 45.6 Å². The van der Waals surface area contributed by atoms with Crippen molar-refractivity contribution in [2.24, 2.45) is 0 Å². The highest BCUT2D eigenvalue weighted by molar-refractivity contribution is 4.73. The van der Waals surface area contributed by atoms with E-state index >= 15 is 0 Å². The predicted octanol–water partition coefficient (Wildman–Crippen LogP) is 1.57. The topological polar surface area (TPSA) is 26.7 Å². The van der Waals surface area contributed by atoms with Crippen LogP contribution in [-0.2, 0) is 0 Å². The molecule has 0 amide bonds. The van der Waals surface area contributed by atoms with Gasteiger partial charge in [-0.2, -0.15) is 0 Å². The van der Waals surface area contributed by atoms with Crippen LogP contribution in [0.4, 0.5) is 0 Å². The van der Waals surface area contributed by atoms with Crippen molar-refractivity contribution in [1.29, 1.82) is 0 Å². The molecule has 1 rings (SSSR count). The minimum absolute atomic E-state index is 0.354. The van der Waals surface area contributed by atoms with Crippen molar-refractivity contribution in [3.8, 4) is 0 Å². The maximum absolute atomic E-state index is 8.68. The van der Waals surface area contributed by atoms with Gasteiger partial charge >= 0.3 is 0 Å². The first-order chi connectivity index (χ1) is 7.74. The second kappa shape index (κ2) is 8.04. The summed E-state index contributed by atoms with van der Waals surface area (Å²) in [5.41, 5.74) is 0. The highest BCUT2D eigenvalue weighted by atomic mass is 16.2. The summed E-state index contributed by atoms with van der Waals surface area (Å²) in [5.74, 6) is 0. The monoisotopic (exact) mass is 228 g/mol. The molecule has 0 saturated carbocycles. The van der Waals surface area contributed by atoms with E-state index in [4.69, 9.17) is 5.11 Å². The molecule has 3 nitrogen and oxygen atoms in total. The number of hydrogen-bond acceptors (Lipinski definition) is 3. The highest BCUT2D eigenvalue weighted by Crippen LogP contribution is 2.07. The Kier molecular flexibility index (Phi) is 7.01. The normalized spacial score (nSPS) is 19.5. The van der Waals surface area contributed by atoms with E-state index in [-0.39, 0.29) is 0 Å². The maximum atomic E-state index is 8.68. The minimum Gasteiger partial charge on any atom is -0.396 e. The van der Waals surface area contributed by atoms with Crippen molar-refractivity contribution in [2.75, 3.05) is 39.3 Å². The Hall–Kier alpha value is -0.120. The van der Waals surface area contributed by atoms with Gasteiger partial charge in [-0.05, 0) is 33.2 Å². The highest BCUT2D eigenvalue weighted by Gasteiger charge is 2.17. The number of hydrogen-bond donors (Lipinski definition) is 1. The average Bonchev–Trinajstić information content (AvgIpc) is 2.29. The third-order valence-corrected chi connectivity index (χ3v) is 3.52. The number of unbranched alkanes of at least 4 members (excludes halogenated alkanes) is 3. The number of aliphatic hydroxyl groups is 1. The zero-order valence-electron chi connectivity index (χ0n) is 11.0. The molecular weight excluding hydrogens is 200 g/mol. The third-order valence-electron chi connectivity index (χ3n) is 3.52. The summed E-state index contributed by atoms with van der Waals surface area (Å²) in [6.45, 7) is 11.1. The molecule has 0 bridgehead atoms. The third kappa shape index (κ3) is 5.28. The molecule has 0 aromatic carbocycles. The summed E-state index contributed by atoms with van der Waals surface area (Å²) in [5, 5.41) is 8.68. The summed E-state index contributed by atoms with van der Waals surface area (Å²) in [6, 6.07) is 0.701. The van der Waals surface area contributed by atoms with Gasteiger partial charge in [0.05, 0.1) is 0 Å². The molecule has 1 aliphatic heterocycles. The molecular formula is C13H28N2O. The molecule has 0 aliphatic carbocycles. The van der Waals surface area contributed by atoms with Gasteiger partial charge in [0.2, 0.25) is 0 Å².